The molecule has 3 aromatic carbocycles. The highest BCUT2D eigenvalue weighted by atomic mass is 32.2. The molecule has 1 fully saturated rings. The normalized spacial score (nSPS) is 18.9. The van der Waals surface area contributed by atoms with Gasteiger partial charge in [-0.2, -0.15) is 0 Å². The first-order valence-corrected chi connectivity index (χ1v) is 19.8. The molecule has 1 saturated heterocycles. The maximum atomic E-state index is 14.0. The van der Waals surface area contributed by atoms with E-state index in [4.69, 9.17) is 19.9 Å². The van der Waals surface area contributed by atoms with E-state index in [1.807, 2.05) is 69.3 Å². The standard InChI is InChI=1S/C40H49N5O9S/c1-22-23(2)34(24(3)29-19-39(4,5)54-33(22)29)55(50,51)44-37(41)42-18-12-17-31(35(46)45-32(36(47)48)21-53-40(45,6)7)43-38(49)52-20-30-27-15-10-8-13-25(27)26-14-9-11-16-28(26)30/h8-11,13-16,30-32H,12,17-21H2,1-7H3,(H,43,49)(H,47,48)(H3,41,42,44). The third-order valence-corrected chi connectivity index (χ3v) is 12.3. The minimum atomic E-state index is -4.14. The summed E-state index contributed by atoms with van der Waals surface area (Å²) in [4.78, 5) is 45.0. The Kier molecular flexibility index (Phi) is 10.7. The number of carbonyl (C=O) groups excluding carboxylic acids is 2. The third kappa shape index (κ3) is 7.72. The van der Waals surface area contributed by atoms with Gasteiger partial charge in [0.25, 0.3) is 10.0 Å². The van der Waals surface area contributed by atoms with Gasteiger partial charge in [0.05, 0.1) is 11.5 Å². The molecule has 0 saturated carbocycles. The summed E-state index contributed by atoms with van der Waals surface area (Å²) >= 11 is 0. The molecule has 1 aliphatic carbocycles. The van der Waals surface area contributed by atoms with Gasteiger partial charge in [-0.3, -0.25) is 14.7 Å². The molecular formula is C40H49N5O9S. The number of fused-ring (bicyclic) bond motifs is 4. The van der Waals surface area contributed by atoms with E-state index >= 15 is 0 Å². The number of carbonyl (C=O) groups is 3. The van der Waals surface area contributed by atoms with Crippen molar-refractivity contribution in [3.8, 4) is 16.9 Å². The highest BCUT2D eigenvalue weighted by Crippen LogP contribution is 2.45. The SMILES string of the molecule is Cc1c(C)c(S(=O)(=O)NC(N)=NCCCC(NC(=O)OCC2c3ccccc3-c3ccccc32)C(=O)N2C(C(=O)O)COC2(C)C)c(C)c2c1OC(C)(C)C2. The molecule has 0 aromatic heterocycles. The summed E-state index contributed by atoms with van der Waals surface area (Å²) in [5, 5.41) is 12.5. The number of aliphatic imine (C=N–C) groups is 1. The van der Waals surface area contributed by atoms with Crippen LogP contribution in [-0.2, 0) is 35.5 Å². The number of ether oxygens (including phenoxy) is 3. The Labute approximate surface area is 321 Å². The van der Waals surface area contributed by atoms with Gasteiger partial charge < -0.3 is 30.4 Å². The second-order valence-electron chi connectivity index (χ2n) is 15.4. The number of aliphatic carboxylic acids is 1. The van der Waals surface area contributed by atoms with Crippen LogP contribution in [0.4, 0.5) is 4.79 Å². The van der Waals surface area contributed by atoms with Crippen LogP contribution in [-0.4, -0.2) is 85.5 Å². The molecule has 0 radical (unpaired) electrons. The number of hydrogen-bond donors (Lipinski definition) is 4. The van der Waals surface area contributed by atoms with Crippen molar-refractivity contribution in [2.24, 2.45) is 10.7 Å². The average molecular weight is 776 g/mol. The van der Waals surface area contributed by atoms with E-state index in [1.54, 1.807) is 27.7 Å². The molecule has 3 aromatic rings. The molecule has 14 nitrogen and oxygen atoms in total. The Balaban J connectivity index is 1.15. The third-order valence-electron chi connectivity index (χ3n) is 10.7. The minimum absolute atomic E-state index is 0.00347. The van der Waals surface area contributed by atoms with Gasteiger partial charge in [0.2, 0.25) is 11.9 Å². The fraction of sp³-hybridized carbons (Fsp3) is 0.450. The van der Waals surface area contributed by atoms with Crippen LogP contribution in [0.15, 0.2) is 58.4 Å². The van der Waals surface area contributed by atoms with Crippen molar-refractivity contribution < 1.29 is 42.1 Å². The van der Waals surface area contributed by atoms with Crippen molar-refractivity contribution in [3.05, 3.63) is 81.9 Å². The van der Waals surface area contributed by atoms with Gasteiger partial charge in [-0.25, -0.2) is 22.7 Å². The number of nitrogens with two attached hydrogens (primary N) is 1. The maximum Gasteiger partial charge on any atom is 0.407 e. The van der Waals surface area contributed by atoms with Crippen molar-refractivity contribution in [1.29, 1.82) is 0 Å². The summed E-state index contributed by atoms with van der Waals surface area (Å²) in [5.41, 5.74) is 11.2. The lowest BCUT2D eigenvalue weighted by atomic mass is 9.94. The van der Waals surface area contributed by atoms with Crippen molar-refractivity contribution in [3.63, 3.8) is 0 Å². The molecule has 0 spiro atoms. The molecule has 2 heterocycles. The average Bonchev–Trinajstić information content (AvgIpc) is 3.74. The molecule has 5 N–H and O–H groups in total. The second-order valence-corrected chi connectivity index (χ2v) is 17.0. The number of benzene rings is 3. The Bertz CT molecular complexity index is 2140. The largest absolute Gasteiger partial charge is 0.487 e. The van der Waals surface area contributed by atoms with E-state index < -0.39 is 51.4 Å². The summed E-state index contributed by atoms with van der Waals surface area (Å²) in [6, 6.07) is 13.3. The van der Waals surface area contributed by atoms with E-state index in [-0.39, 0.29) is 49.4 Å². The summed E-state index contributed by atoms with van der Waals surface area (Å²) in [5.74, 6) is -1.78. The molecule has 6 rings (SSSR count). The van der Waals surface area contributed by atoms with Gasteiger partial charge in [0.15, 0.2) is 6.04 Å². The molecule has 2 unspecified atom stereocenters. The summed E-state index contributed by atoms with van der Waals surface area (Å²) in [7, 11) is -4.14. The lowest BCUT2D eigenvalue weighted by Crippen LogP contribution is -2.57. The summed E-state index contributed by atoms with van der Waals surface area (Å²) in [6.07, 6.45) is -0.134. The number of rotatable bonds is 11. The Hall–Kier alpha value is -5.15. The Morgan fingerprint density at radius 3 is 2.24 bits per heavy atom. The van der Waals surface area contributed by atoms with Crippen LogP contribution < -0.4 is 20.5 Å². The zero-order valence-corrected chi connectivity index (χ0v) is 33.0. The van der Waals surface area contributed by atoms with Crippen LogP contribution in [0, 0.1) is 20.8 Å². The van der Waals surface area contributed by atoms with Crippen molar-refractivity contribution in [2.75, 3.05) is 19.8 Å². The van der Waals surface area contributed by atoms with E-state index in [2.05, 4.69) is 15.0 Å². The van der Waals surface area contributed by atoms with Gasteiger partial charge in [-0.1, -0.05) is 48.5 Å². The molecular weight excluding hydrogens is 727 g/mol. The van der Waals surface area contributed by atoms with Crippen LogP contribution >= 0.6 is 0 Å². The van der Waals surface area contributed by atoms with Crippen molar-refractivity contribution >= 4 is 34.0 Å². The predicted molar refractivity (Wildman–Crippen MR) is 205 cm³/mol. The molecule has 2 aliphatic heterocycles. The van der Waals surface area contributed by atoms with E-state index in [0.717, 1.165) is 38.3 Å². The number of nitrogens with one attached hydrogen (secondary N) is 2. The van der Waals surface area contributed by atoms with Crippen molar-refractivity contribution in [1.82, 2.24) is 14.9 Å². The summed E-state index contributed by atoms with van der Waals surface area (Å²) < 4.78 is 47.2. The van der Waals surface area contributed by atoms with Gasteiger partial charge in [-0.05, 0) is 100 Å². The van der Waals surface area contributed by atoms with Crippen molar-refractivity contribution in [2.45, 2.75) is 102 Å². The first-order valence-electron chi connectivity index (χ1n) is 18.3. The first-order chi connectivity index (χ1) is 25.8. The lowest BCUT2D eigenvalue weighted by Gasteiger charge is -2.35. The zero-order valence-electron chi connectivity index (χ0n) is 32.2. The van der Waals surface area contributed by atoms with Crippen LogP contribution in [0.25, 0.3) is 11.1 Å². The molecule has 3 aliphatic rings. The van der Waals surface area contributed by atoms with Gasteiger partial charge >= 0.3 is 12.1 Å². The Morgan fingerprint density at radius 2 is 1.62 bits per heavy atom. The number of guanidine groups is 1. The zero-order chi connectivity index (χ0) is 40.0. The minimum Gasteiger partial charge on any atom is -0.487 e. The number of alkyl carbamates (subject to hydrolysis) is 1. The van der Waals surface area contributed by atoms with Gasteiger partial charge in [0, 0.05) is 24.4 Å². The van der Waals surface area contributed by atoms with Crippen LogP contribution in [0.3, 0.4) is 0 Å². The number of amides is 2. The second kappa shape index (κ2) is 14.8. The van der Waals surface area contributed by atoms with E-state index in [1.165, 1.54) is 0 Å². The number of sulfonamides is 1. The van der Waals surface area contributed by atoms with Crippen LogP contribution in [0.5, 0.6) is 5.75 Å². The highest BCUT2D eigenvalue weighted by Gasteiger charge is 2.49. The molecule has 0 bridgehead atoms. The molecule has 2 atom stereocenters. The fourth-order valence-electron chi connectivity index (χ4n) is 7.97. The summed E-state index contributed by atoms with van der Waals surface area (Å²) in [6.45, 7) is 12.1. The predicted octanol–water partition coefficient (Wildman–Crippen LogP) is 4.65. The molecule has 2 amide bonds. The number of nitrogens with zero attached hydrogens (tertiary/aromatic N) is 2. The van der Waals surface area contributed by atoms with E-state index in [9.17, 15) is 27.9 Å². The van der Waals surface area contributed by atoms with Crippen LogP contribution in [0.1, 0.15) is 79.8 Å². The molecule has 294 valence electrons. The number of hydrogen-bond acceptors (Lipinski definition) is 9. The monoisotopic (exact) mass is 775 g/mol. The highest BCUT2D eigenvalue weighted by molar-refractivity contribution is 7.90. The smallest absolute Gasteiger partial charge is 0.407 e. The van der Waals surface area contributed by atoms with Gasteiger partial charge in [0.1, 0.15) is 29.7 Å². The van der Waals surface area contributed by atoms with Crippen LogP contribution in [0.2, 0.25) is 0 Å². The van der Waals surface area contributed by atoms with Gasteiger partial charge in [-0.15, -0.1) is 0 Å². The first kappa shape index (κ1) is 39.5. The lowest BCUT2D eigenvalue weighted by molar-refractivity contribution is -0.156. The topological polar surface area (TPSA) is 199 Å². The fourth-order valence-corrected chi connectivity index (χ4v) is 9.50. The number of carboxylic acids is 1. The molecule has 15 heteroatoms. The molecule has 55 heavy (non-hydrogen) atoms. The number of carboxylic acid groups (broad SMARTS) is 1. The quantitative estimate of drug-likeness (QED) is 0.121. The Morgan fingerprint density at radius 1 is 1.00 bits per heavy atom. The van der Waals surface area contributed by atoms with E-state index in [0.29, 0.717) is 23.3 Å². The maximum absolute atomic E-state index is 14.0.